The van der Waals surface area contributed by atoms with Crippen molar-refractivity contribution >= 4 is 24.1 Å². The lowest BCUT2D eigenvalue weighted by Crippen LogP contribution is -2.50. The molecule has 396 valence electrons. The predicted molar refractivity (Wildman–Crippen MR) is 270 cm³/mol. The van der Waals surface area contributed by atoms with E-state index in [-0.39, 0.29) is 48.9 Å². The Morgan fingerprint density at radius 2 is 0.973 bits per heavy atom. The highest BCUT2D eigenvalue weighted by Gasteiger charge is 2.44. The smallest absolute Gasteiger partial charge is 0.411 e. The van der Waals surface area contributed by atoms with Gasteiger partial charge in [-0.15, -0.1) is 0 Å². The lowest BCUT2D eigenvalue weighted by molar-refractivity contribution is -0.136. The maximum atomic E-state index is 14.2. The van der Waals surface area contributed by atoms with Crippen molar-refractivity contribution in [1.29, 1.82) is 0 Å². The number of amides is 3. The standard InChI is InChI=1S/C28H28F3N3O3.C26H25F3N2O2.C3H6O2/c1-18(19-2-4-20(5-3-19)24-11-10-23(30)16-25(24)31)34-15-13-28(37-27(34)36,12-14-33-26(35)17-32)21-6-8-22(29)9-7-21;1-17(18-2-4-19(5-3-18)23-11-10-22(28)16-24(23)29)31-15-13-26(12-14-30,33-25(31)32)20-6-8-21(27)9-7-20;1-2-3(4)5/h2-11,16,18H,12-15,17,32H2,1H3,(H,33,35);2-11,16-17H,12-15,30H2,1H3;2H2,1H3,(H,4,5)/t18-,28+;17-,26+;/m00./s1. The maximum Gasteiger partial charge on any atom is 0.411 e. The molecule has 6 N–H and O–H groups in total. The number of carboxylic acids is 1. The van der Waals surface area contributed by atoms with Crippen molar-refractivity contribution < 1.29 is 60.1 Å². The number of halogens is 6. The summed E-state index contributed by atoms with van der Waals surface area (Å²) in [5, 5.41) is 10.4. The SMILES string of the molecule is CCC(=O)O.C[C@@H](c1ccc(-c2ccc(F)cc2F)cc1)N1CC[C@](CCN)(c2ccc(F)cc2)OC1=O.C[C@@H](c1ccc(-c2ccc(F)cc2F)cc1)N1CC[C@](CCNC(=O)CN)(c2ccc(F)cc2)OC1=O. The number of carbonyl (C=O) groups excluding carboxylic acids is 3. The minimum Gasteiger partial charge on any atom is -0.481 e. The molecule has 2 heterocycles. The molecular weight excluding hydrogens is 981 g/mol. The second-order valence-corrected chi connectivity index (χ2v) is 18.1. The van der Waals surface area contributed by atoms with E-state index in [0.717, 1.165) is 28.8 Å². The summed E-state index contributed by atoms with van der Waals surface area (Å²) in [6.07, 6.45) is 0.888. The number of hydrogen-bond donors (Lipinski definition) is 4. The van der Waals surface area contributed by atoms with Gasteiger partial charge in [0, 0.05) is 75.0 Å². The molecule has 4 atom stereocenters. The molecule has 6 aromatic rings. The number of rotatable bonds is 15. The summed E-state index contributed by atoms with van der Waals surface area (Å²) < 4.78 is 93.6. The number of nitrogens with one attached hydrogen (secondary N) is 1. The highest BCUT2D eigenvalue weighted by Crippen LogP contribution is 2.41. The Kier molecular flexibility index (Phi) is 19.2. The lowest BCUT2D eigenvalue weighted by Gasteiger charge is -2.43. The summed E-state index contributed by atoms with van der Waals surface area (Å²) in [5.74, 6) is -4.39. The van der Waals surface area contributed by atoms with Crippen molar-refractivity contribution in [2.24, 2.45) is 11.5 Å². The molecule has 3 amide bonds. The van der Waals surface area contributed by atoms with Crippen LogP contribution in [0, 0.1) is 34.9 Å². The van der Waals surface area contributed by atoms with E-state index >= 15 is 0 Å². The van der Waals surface area contributed by atoms with Crippen LogP contribution in [0.4, 0.5) is 35.9 Å². The highest BCUT2D eigenvalue weighted by atomic mass is 19.2. The number of nitrogens with two attached hydrogens (primary N) is 2. The van der Waals surface area contributed by atoms with Crippen molar-refractivity contribution in [2.45, 2.75) is 76.2 Å². The zero-order valence-electron chi connectivity index (χ0n) is 41.6. The first kappa shape index (κ1) is 56.6. The Morgan fingerprint density at radius 3 is 1.31 bits per heavy atom. The molecule has 0 saturated carbocycles. The Labute approximate surface area is 431 Å². The van der Waals surface area contributed by atoms with Crippen molar-refractivity contribution in [3.63, 3.8) is 0 Å². The molecule has 18 heteroatoms. The first-order chi connectivity index (χ1) is 35.8. The van der Waals surface area contributed by atoms with Gasteiger partial charge in [0.25, 0.3) is 0 Å². The number of carbonyl (C=O) groups is 4. The Bertz CT molecular complexity index is 2910. The largest absolute Gasteiger partial charge is 0.481 e. The van der Waals surface area contributed by atoms with Crippen LogP contribution in [0.2, 0.25) is 0 Å². The van der Waals surface area contributed by atoms with Gasteiger partial charge in [0.1, 0.15) is 46.1 Å². The monoisotopic (exact) mass is 1040 g/mol. The molecule has 0 radical (unpaired) electrons. The first-order valence-corrected chi connectivity index (χ1v) is 24.3. The Hall–Kier alpha value is -7.70. The van der Waals surface area contributed by atoms with Crippen LogP contribution in [0.5, 0.6) is 0 Å². The van der Waals surface area contributed by atoms with Crippen LogP contribution >= 0.6 is 0 Å². The van der Waals surface area contributed by atoms with Crippen molar-refractivity contribution in [1.82, 2.24) is 15.1 Å². The molecule has 2 fully saturated rings. The molecule has 2 aliphatic rings. The molecule has 0 spiro atoms. The van der Waals surface area contributed by atoms with E-state index in [1.807, 2.05) is 26.0 Å². The van der Waals surface area contributed by atoms with E-state index in [1.54, 1.807) is 77.4 Å². The highest BCUT2D eigenvalue weighted by molar-refractivity contribution is 5.77. The van der Waals surface area contributed by atoms with E-state index < -0.39 is 58.4 Å². The van der Waals surface area contributed by atoms with Gasteiger partial charge >= 0.3 is 18.2 Å². The molecule has 2 aliphatic heterocycles. The fourth-order valence-electron chi connectivity index (χ4n) is 8.99. The second-order valence-electron chi connectivity index (χ2n) is 18.1. The van der Waals surface area contributed by atoms with E-state index in [1.165, 1.54) is 48.5 Å². The maximum absolute atomic E-state index is 14.2. The second kappa shape index (κ2) is 25.5. The molecular formula is C57H59F6N5O7. The van der Waals surface area contributed by atoms with Gasteiger partial charge in [0.15, 0.2) is 0 Å². The van der Waals surface area contributed by atoms with E-state index in [2.05, 4.69) is 5.32 Å². The average molecular weight is 1040 g/mol. The fraction of sp³-hybridized carbons (Fsp3) is 0.298. The molecule has 0 bridgehead atoms. The molecule has 0 aliphatic carbocycles. The van der Waals surface area contributed by atoms with Gasteiger partial charge < -0.3 is 41.2 Å². The number of benzene rings is 6. The number of cyclic esters (lactones) is 2. The molecule has 12 nitrogen and oxygen atoms in total. The van der Waals surface area contributed by atoms with Gasteiger partial charge in [-0.05, 0) is 102 Å². The van der Waals surface area contributed by atoms with Gasteiger partial charge in [0.2, 0.25) is 5.91 Å². The summed E-state index contributed by atoms with van der Waals surface area (Å²) >= 11 is 0. The molecule has 8 rings (SSSR count). The summed E-state index contributed by atoms with van der Waals surface area (Å²) in [4.78, 5) is 50.4. The molecule has 0 unspecified atom stereocenters. The number of hydrogen-bond acceptors (Lipinski definition) is 8. The van der Waals surface area contributed by atoms with Gasteiger partial charge in [-0.2, -0.15) is 0 Å². The minimum atomic E-state index is -1.03. The van der Waals surface area contributed by atoms with Crippen LogP contribution in [0.3, 0.4) is 0 Å². The minimum absolute atomic E-state index is 0.152. The molecule has 2 saturated heterocycles. The number of carboxylic acid groups (broad SMARTS) is 1. The predicted octanol–water partition coefficient (Wildman–Crippen LogP) is 11.4. The molecule has 0 aromatic heterocycles. The van der Waals surface area contributed by atoms with Gasteiger partial charge in [-0.1, -0.05) is 79.7 Å². The van der Waals surface area contributed by atoms with E-state index in [9.17, 15) is 45.5 Å². The fourth-order valence-corrected chi connectivity index (χ4v) is 8.99. The van der Waals surface area contributed by atoms with Gasteiger partial charge in [-0.25, -0.2) is 35.9 Å². The number of aliphatic carboxylic acids is 1. The summed E-state index contributed by atoms with van der Waals surface area (Å²) in [7, 11) is 0. The molecule has 75 heavy (non-hydrogen) atoms. The molecule has 6 aromatic carbocycles. The zero-order chi connectivity index (χ0) is 54.5. The van der Waals surface area contributed by atoms with E-state index in [4.69, 9.17) is 26.0 Å². The van der Waals surface area contributed by atoms with Crippen LogP contribution in [-0.4, -0.2) is 71.7 Å². The Balaban J connectivity index is 0.000000225. The van der Waals surface area contributed by atoms with Crippen molar-refractivity contribution in [3.8, 4) is 22.3 Å². The number of ether oxygens (including phenoxy) is 2. The summed E-state index contributed by atoms with van der Waals surface area (Å²) in [6.45, 7) is 6.55. The third kappa shape index (κ3) is 14.1. The summed E-state index contributed by atoms with van der Waals surface area (Å²) in [5.41, 5.74) is 14.0. The van der Waals surface area contributed by atoms with Crippen LogP contribution in [0.25, 0.3) is 22.3 Å². The topological polar surface area (TPSA) is 178 Å². The van der Waals surface area contributed by atoms with Crippen LogP contribution in [-0.2, 0) is 30.3 Å². The third-order valence-corrected chi connectivity index (χ3v) is 13.4. The number of nitrogens with zero attached hydrogens (tertiary/aromatic N) is 2. The average Bonchev–Trinajstić information content (AvgIpc) is 3.39. The van der Waals surface area contributed by atoms with Crippen LogP contribution in [0.1, 0.15) is 87.2 Å². The zero-order valence-corrected chi connectivity index (χ0v) is 41.6. The first-order valence-electron chi connectivity index (χ1n) is 24.3. The van der Waals surface area contributed by atoms with Crippen molar-refractivity contribution in [3.05, 3.63) is 191 Å². The quantitative estimate of drug-likeness (QED) is 0.0729. The Morgan fingerprint density at radius 1 is 0.600 bits per heavy atom. The van der Waals surface area contributed by atoms with Gasteiger partial charge in [-0.3, -0.25) is 9.59 Å². The van der Waals surface area contributed by atoms with Crippen LogP contribution in [0.15, 0.2) is 133 Å². The van der Waals surface area contributed by atoms with Crippen molar-refractivity contribution in [2.75, 3.05) is 32.7 Å². The summed E-state index contributed by atoms with van der Waals surface area (Å²) in [6, 6.07) is 32.2. The van der Waals surface area contributed by atoms with E-state index in [0.29, 0.717) is 67.6 Å². The van der Waals surface area contributed by atoms with Crippen LogP contribution < -0.4 is 16.8 Å². The van der Waals surface area contributed by atoms with Gasteiger partial charge in [0.05, 0.1) is 18.6 Å². The lowest BCUT2D eigenvalue weighted by atomic mass is 9.85. The normalized spacial score (nSPS) is 18.0. The third-order valence-electron chi connectivity index (χ3n) is 13.4.